The van der Waals surface area contributed by atoms with Gasteiger partial charge in [0.15, 0.2) is 0 Å². The van der Waals surface area contributed by atoms with Crippen molar-refractivity contribution >= 4 is 5.95 Å². The van der Waals surface area contributed by atoms with E-state index in [4.69, 9.17) is 4.74 Å². The maximum absolute atomic E-state index is 12.3. The second-order valence-corrected chi connectivity index (χ2v) is 5.81. The molecular weight excluding hydrogens is 312 g/mol. The van der Waals surface area contributed by atoms with E-state index in [2.05, 4.69) is 15.3 Å². The molecule has 1 atom stereocenters. The first-order valence-corrected chi connectivity index (χ1v) is 7.91. The summed E-state index contributed by atoms with van der Waals surface area (Å²) in [7, 11) is 0. The quantitative estimate of drug-likeness (QED) is 0.775. The topological polar surface area (TPSA) is 109 Å². The molecule has 8 heteroatoms. The molecule has 1 aromatic heterocycles. The van der Waals surface area contributed by atoms with Crippen molar-refractivity contribution in [2.45, 2.75) is 31.8 Å². The van der Waals surface area contributed by atoms with E-state index in [-0.39, 0.29) is 23.8 Å². The number of phenolic OH excluding ortho intramolecular Hbond substituents is 1. The van der Waals surface area contributed by atoms with E-state index in [0.29, 0.717) is 31.6 Å². The lowest BCUT2D eigenvalue weighted by Gasteiger charge is -2.23. The Morgan fingerprint density at radius 1 is 1.33 bits per heavy atom. The molecule has 3 N–H and O–H groups in total. The zero-order chi connectivity index (χ0) is 17.1. The molecule has 1 aliphatic rings. The first-order chi connectivity index (χ1) is 11.6. The number of H-pyrrole nitrogens is 1. The average Bonchev–Trinajstić information content (AvgIpc) is 2.55. The van der Waals surface area contributed by atoms with Gasteiger partial charge in [-0.15, -0.1) is 0 Å². The van der Waals surface area contributed by atoms with Crippen LogP contribution in [0.3, 0.4) is 0 Å². The maximum Gasteiger partial charge on any atom is 0.355 e. The van der Waals surface area contributed by atoms with Crippen molar-refractivity contribution in [1.29, 1.82) is 0 Å². The molecule has 0 radical (unpaired) electrons. The van der Waals surface area contributed by atoms with Gasteiger partial charge in [-0.25, -0.2) is 14.2 Å². The predicted octanol–water partition coefficient (Wildman–Crippen LogP) is 1.16. The molecule has 1 fully saturated rings. The highest BCUT2D eigenvalue weighted by atomic mass is 16.5. The molecule has 2 aromatic rings. The third-order valence-electron chi connectivity index (χ3n) is 4.17. The number of nitrogens with zero attached hydrogens (tertiary/aromatic N) is 2. The molecule has 1 unspecified atom stereocenters. The summed E-state index contributed by atoms with van der Waals surface area (Å²) in [5, 5.41) is 12.8. The molecule has 0 saturated carbocycles. The Morgan fingerprint density at radius 3 is 2.71 bits per heavy atom. The van der Waals surface area contributed by atoms with E-state index in [1.54, 1.807) is 31.2 Å². The molecular formula is C16H20N4O4. The van der Waals surface area contributed by atoms with Crippen molar-refractivity contribution < 1.29 is 9.84 Å². The van der Waals surface area contributed by atoms with Crippen LogP contribution in [0.15, 0.2) is 33.9 Å². The summed E-state index contributed by atoms with van der Waals surface area (Å²) in [5.41, 5.74) is -0.430. The second-order valence-electron chi connectivity index (χ2n) is 5.81. The van der Waals surface area contributed by atoms with Crippen LogP contribution in [0.5, 0.6) is 5.75 Å². The third kappa shape index (κ3) is 3.33. The number of aromatic amines is 1. The van der Waals surface area contributed by atoms with Crippen LogP contribution in [-0.2, 0) is 4.74 Å². The van der Waals surface area contributed by atoms with Gasteiger partial charge in [0, 0.05) is 24.8 Å². The van der Waals surface area contributed by atoms with Crippen molar-refractivity contribution in [2.75, 3.05) is 18.5 Å². The van der Waals surface area contributed by atoms with Gasteiger partial charge in [0.05, 0.1) is 6.04 Å². The number of benzene rings is 1. The van der Waals surface area contributed by atoms with Gasteiger partial charge < -0.3 is 15.2 Å². The maximum atomic E-state index is 12.3. The summed E-state index contributed by atoms with van der Waals surface area (Å²) in [4.78, 5) is 31.0. The number of nitrogens with one attached hydrogen (secondary N) is 2. The minimum absolute atomic E-state index is 0.0871. The van der Waals surface area contributed by atoms with Crippen molar-refractivity contribution in [3.8, 4) is 5.75 Å². The van der Waals surface area contributed by atoms with Crippen LogP contribution in [-0.4, -0.2) is 32.9 Å². The van der Waals surface area contributed by atoms with E-state index in [1.165, 1.54) is 0 Å². The molecule has 0 bridgehead atoms. The van der Waals surface area contributed by atoms with Crippen LogP contribution in [0, 0.1) is 0 Å². The lowest BCUT2D eigenvalue weighted by Crippen LogP contribution is -2.42. The molecule has 0 amide bonds. The summed E-state index contributed by atoms with van der Waals surface area (Å²) in [6.45, 7) is 2.86. The molecule has 1 saturated heterocycles. The monoisotopic (exact) mass is 332 g/mol. The second kappa shape index (κ2) is 6.88. The van der Waals surface area contributed by atoms with Gasteiger partial charge in [0.1, 0.15) is 5.75 Å². The summed E-state index contributed by atoms with van der Waals surface area (Å²) in [6.07, 6.45) is 1.23. The smallest absolute Gasteiger partial charge is 0.355 e. The molecule has 2 heterocycles. The fourth-order valence-electron chi connectivity index (χ4n) is 2.90. The van der Waals surface area contributed by atoms with E-state index in [0.717, 1.165) is 4.57 Å². The summed E-state index contributed by atoms with van der Waals surface area (Å²) >= 11 is 0. The van der Waals surface area contributed by atoms with E-state index in [1.807, 2.05) is 0 Å². The van der Waals surface area contributed by atoms with Crippen molar-refractivity contribution in [3.05, 3.63) is 50.8 Å². The third-order valence-corrected chi connectivity index (χ3v) is 4.17. The SMILES string of the molecule is CC(Nc1nc(=O)n(C2CCOCC2)c(=O)[nH]1)c1ccccc1O. The van der Waals surface area contributed by atoms with Gasteiger partial charge in [-0.2, -0.15) is 4.98 Å². The largest absolute Gasteiger partial charge is 0.508 e. The van der Waals surface area contributed by atoms with Gasteiger partial charge in [0.2, 0.25) is 5.95 Å². The molecule has 1 aliphatic heterocycles. The van der Waals surface area contributed by atoms with Gasteiger partial charge in [-0.1, -0.05) is 18.2 Å². The van der Waals surface area contributed by atoms with Crippen LogP contribution in [0.25, 0.3) is 0 Å². The van der Waals surface area contributed by atoms with Gasteiger partial charge in [0.25, 0.3) is 0 Å². The molecule has 3 rings (SSSR count). The number of hydrogen-bond donors (Lipinski definition) is 3. The Kier molecular flexibility index (Phi) is 4.66. The fraction of sp³-hybridized carbons (Fsp3) is 0.438. The summed E-state index contributed by atoms with van der Waals surface area (Å²) < 4.78 is 6.40. The molecule has 8 nitrogen and oxygen atoms in total. The summed E-state index contributed by atoms with van der Waals surface area (Å²) in [6, 6.07) is 6.34. The number of hydrogen-bond acceptors (Lipinski definition) is 6. The highest BCUT2D eigenvalue weighted by Gasteiger charge is 2.20. The molecule has 0 aliphatic carbocycles. The lowest BCUT2D eigenvalue weighted by atomic mass is 10.1. The number of aromatic nitrogens is 3. The molecule has 24 heavy (non-hydrogen) atoms. The standard InChI is InChI=1S/C16H20N4O4/c1-10(12-4-2-3-5-13(12)21)17-14-18-15(22)20(16(23)19-14)11-6-8-24-9-7-11/h2-5,10-11,21H,6-9H2,1H3,(H2,17,18,19,22,23). The normalized spacial score (nSPS) is 16.7. The Bertz CT molecular complexity index is 792. The Balaban J connectivity index is 1.84. The van der Waals surface area contributed by atoms with Crippen molar-refractivity contribution in [2.24, 2.45) is 0 Å². The van der Waals surface area contributed by atoms with Crippen LogP contribution < -0.4 is 16.7 Å². The summed E-state index contributed by atoms with van der Waals surface area (Å²) in [5.74, 6) is 0.222. The average molecular weight is 332 g/mol. The minimum atomic E-state index is -0.586. The Morgan fingerprint density at radius 2 is 2.04 bits per heavy atom. The number of aromatic hydroxyl groups is 1. The Hall–Kier alpha value is -2.61. The van der Waals surface area contributed by atoms with E-state index >= 15 is 0 Å². The number of phenols is 1. The molecule has 128 valence electrons. The first-order valence-electron chi connectivity index (χ1n) is 7.91. The van der Waals surface area contributed by atoms with Gasteiger partial charge >= 0.3 is 11.4 Å². The predicted molar refractivity (Wildman–Crippen MR) is 88.4 cm³/mol. The van der Waals surface area contributed by atoms with Crippen LogP contribution >= 0.6 is 0 Å². The van der Waals surface area contributed by atoms with E-state index in [9.17, 15) is 14.7 Å². The van der Waals surface area contributed by atoms with E-state index < -0.39 is 11.4 Å². The fourth-order valence-corrected chi connectivity index (χ4v) is 2.90. The number of para-hydroxylation sites is 1. The van der Waals surface area contributed by atoms with Gasteiger partial charge in [-0.05, 0) is 25.8 Å². The van der Waals surface area contributed by atoms with Crippen LogP contribution in [0.2, 0.25) is 0 Å². The highest BCUT2D eigenvalue weighted by molar-refractivity contribution is 5.38. The van der Waals surface area contributed by atoms with Crippen molar-refractivity contribution in [1.82, 2.24) is 14.5 Å². The first kappa shape index (κ1) is 16.3. The zero-order valence-corrected chi connectivity index (χ0v) is 13.4. The Labute approximate surface area is 138 Å². The minimum Gasteiger partial charge on any atom is -0.508 e. The molecule has 0 spiro atoms. The highest BCUT2D eigenvalue weighted by Crippen LogP contribution is 2.25. The van der Waals surface area contributed by atoms with Crippen molar-refractivity contribution in [3.63, 3.8) is 0 Å². The van der Waals surface area contributed by atoms with Crippen LogP contribution in [0.4, 0.5) is 5.95 Å². The van der Waals surface area contributed by atoms with Gasteiger partial charge in [-0.3, -0.25) is 4.98 Å². The molecule has 1 aromatic carbocycles. The number of ether oxygens (including phenoxy) is 1. The van der Waals surface area contributed by atoms with Crippen LogP contribution in [0.1, 0.15) is 37.4 Å². The number of rotatable bonds is 4. The lowest BCUT2D eigenvalue weighted by molar-refractivity contribution is 0.0670. The number of anilines is 1. The zero-order valence-electron chi connectivity index (χ0n) is 13.4.